The average molecular weight is 451 g/mol. The molecule has 0 aliphatic heterocycles. The number of imidazole rings is 1. The molecule has 0 bridgehead atoms. The molecule has 3 heterocycles. The zero-order valence-corrected chi connectivity index (χ0v) is 18.1. The standard InChI is InChI=1S/C26H21N5O3/c32-25(16-8-9-16)30-23-15-31-14-20(10-11-24(31)29-23)34-19-6-3-5-18(13-19)27-26(33)22-12-17-4-1-2-7-21(17)28-22/h1-7,10-16,28H,8-9H2,(H,27,33)(H,30,32). The summed E-state index contributed by atoms with van der Waals surface area (Å²) in [6.45, 7) is 0. The number of hydrogen-bond acceptors (Lipinski definition) is 4. The largest absolute Gasteiger partial charge is 0.456 e. The molecule has 3 N–H and O–H groups in total. The third-order valence-electron chi connectivity index (χ3n) is 5.73. The van der Waals surface area contributed by atoms with Crippen LogP contribution in [0.4, 0.5) is 11.5 Å². The van der Waals surface area contributed by atoms with Crippen molar-refractivity contribution in [3.8, 4) is 11.5 Å². The molecule has 1 aliphatic carbocycles. The summed E-state index contributed by atoms with van der Waals surface area (Å²) in [6, 6.07) is 20.4. The monoisotopic (exact) mass is 451 g/mol. The minimum Gasteiger partial charge on any atom is -0.456 e. The number of para-hydroxylation sites is 1. The van der Waals surface area contributed by atoms with Gasteiger partial charge in [-0.2, -0.15) is 0 Å². The third kappa shape index (κ3) is 4.09. The summed E-state index contributed by atoms with van der Waals surface area (Å²) in [5.74, 6) is 1.61. The maximum atomic E-state index is 12.7. The molecule has 1 aliphatic rings. The van der Waals surface area contributed by atoms with Crippen LogP contribution in [0.15, 0.2) is 79.1 Å². The van der Waals surface area contributed by atoms with Gasteiger partial charge in [0.2, 0.25) is 5.91 Å². The van der Waals surface area contributed by atoms with E-state index in [9.17, 15) is 9.59 Å². The topological polar surface area (TPSA) is 101 Å². The van der Waals surface area contributed by atoms with Gasteiger partial charge >= 0.3 is 0 Å². The molecule has 1 saturated carbocycles. The van der Waals surface area contributed by atoms with E-state index in [1.165, 1.54) is 0 Å². The van der Waals surface area contributed by atoms with E-state index < -0.39 is 0 Å². The Balaban J connectivity index is 1.16. The Kier molecular flexibility index (Phi) is 4.76. The second-order valence-electron chi connectivity index (χ2n) is 8.37. The second-order valence-corrected chi connectivity index (χ2v) is 8.37. The predicted molar refractivity (Wildman–Crippen MR) is 129 cm³/mol. The number of anilines is 2. The van der Waals surface area contributed by atoms with E-state index in [0.29, 0.717) is 34.3 Å². The average Bonchev–Trinajstić information content (AvgIpc) is 3.47. The lowest BCUT2D eigenvalue weighted by molar-refractivity contribution is -0.117. The SMILES string of the molecule is O=C(Nc1cccc(Oc2ccc3nc(NC(=O)C4CC4)cn3c2)c1)c1cc2ccccc2[nH]1. The molecule has 5 aromatic rings. The summed E-state index contributed by atoms with van der Waals surface area (Å²) in [6.07, 6.45) is 5.45. The van der Waals surface area contributed by atoms with Crippen molar-refractivity contribution in [3.63, 3.8) is 0 Å². The lowest BCUT2D eigenvalue weighted by atomic mass is 10.2. The molecule has 0 radical (unpaired) electrons. The van der Waals surface area contributed by atoms with E-state index in [1.54, 1.807) is 28.9 Å². The molecular formula is C26H21N5O3. The van der Waals surface area contributed by atoms with Crippen molar-refractivity contribution in [2.45, 2.75) is 12.8 Å². The number of benzene rings is 2. The lowest BCUT2D eigenvalue weighted by Crippen LogP contribution is -2.13. The highest BCUT2D eigenvalue weighted by Crippen LogP contribution is 2.30. The number of aromatic amines is 1. The highest BCUT2D eigenvalue weighted by atomic mass is 16.5. The van der Waals surface area contributed by atoms with Crippen LogP contribution < -0.4 is 15.4 Å². The first-order chi connectivity index (χ1) is 16.6. The van der Waals surface area contributed by atoms with E-state index in [2.05, 4.69) is 20.6 Å². The fourth-order valence-electron chi connectivity index (χ4n) is 3.83. The Morgan fingerprint density at radius 2 is 1.82 bits per heavy atom. The summed E-state index contributed by atoms with van der Waals surface area (Å²) in [4.78, 5) is 32.2. The second kappa shape index (κ2) is 8.08. The number of nitrogens with one attached hydrogen (secondary N) is 3. The predicted octanol–water partition coefficient (Wildman–Crippen LogP) is 5.21. The fourth-order valence-corrected chi connectivity index (χ4v) is 3.83. The van der Waals surface area contributed by atoms with Crippen molar-refractivity contribution in [2.24, 2.45) is 5.92 Å². The highest BCUT2D eigenvalue weighted by molar-refractivity contribution is 6.06. The van der Waals surface area contributed by atoms with Crippen molar-refractivity contribution >= 4 is 39.9 Å². The van der Waals surface area contributed by atoms with Crippen molar-refractivity contribution in [3.05, 3.63) is 84.8 Å². The summed E-state index contributed by atoms with van der Waals surface area (Å²) in [5.41, 5.74) is 2.73. The molecular weight excluding hydrogens is 430 g/mol. The minimum absolute atomic E-state index is 0.0196. The van der Waals surface area contributed by atoms with Gasteiger partial charge in [-0.15, -0.1) is 0 Å². The van der Waals surface area contributed by atoms with Gasteiger partial charge in [0.15, 0.2) is 5.82 Å². The first-order valence-corrected chi connectivity index (χ1v) is 11.1. The Morgan fingerprint density at radius 1 is 0.941 bits per heavy atom. The molecule has 1 fully saturated rings. The van der Waals surface area contributed by atoms with E-state index >= 15 is 0 Å². The number of ether oxygens (including phenoxy) is 1. The number of pyridine rings is 1. The van der Waals surface area contributed by atoms with Crippen LogP contribution in [-0.2, 0) is 4.79 Å². The molecule has 8 nitrogen and oxygen atoms in total. The van der Waals surface area contributed by atoms with Gasteiger partial charge in [0.1, 0.15) is 22.8 Å². The first kappa shape index (κ1) is 20.0. The molecule has 6 rings (SSSR count). The summed E-state index contributed by atoms with van der Waals surface area (Å²) >= 11 is 0. The Bertz CT molecular complexity index is 1510. The van der Waals surface area contributed by atoms with Crippen LogP contribution in [0.25, 0.3) is 16.6 Å². The Morgan fingerprint density at radius 3 is 2.68 bits per heavy atom. The van der Waals surface area contributed by atoms with Crippen LogP contribution in [0.2, 0.25) is 0 Å². The van der Waals surface area contributed by atoms with Gasteiger partial charge in [0.05, 0.1) is 12.4 Å². The van der Waals surface area contributed by atoms with Crippen molar-refractivity contribution in [2.75, 3.05) is 10.6 Å². The van der Waals surface area contributed by atoms with Crippen LogP contribution in [0.1, 0.15) is 23.3 Å². The number of carbonyl (C=O) groups excluding carboxylic acids is 2. The van der Waals surface area contributed by atoms with Crippen molar-refractivity contribution < 1.29 is 14.3 Å². The number of hydrogen-bond donors (Lipinski definition) is 3. The van der Waals surface area contributed by atoms with Gasteiger partial charge < -0.3 is 24.8 Å². The highest BCUT2D eigenvalue weighted by Gasteiger charge is 2.30. The number of H-pyrrole nitrogens is 1. The van der Waals surface area contributed by atoms with E-state index in [-0.39, 0.29) is 17.7 Å². The van der Waals surface area contributed by atoms with Crippen LogP contribution in [0.3, 0.4) is 0 Å². The van der Waals surface area contributed by atoms with Crippen molar-refractivity contribution in [1.82, 2.24) is 14.4 Å². The molecule has 0 spiro atoms. The van der Waals surface area contributed by atoms with Gasteiger partial charge in [0.25, 0.3) is 5.91 Å². The molecule has 0 unspecified atom stereocenters. The van der Waals surface area contributed by atoms with Crippen LogP contribution in [0.5, 0.6) is 11.5 Å². The summed E-state index contributed by atoms with van der Waals surface area (Å²) in [7, 11) is 0. The van der Waals surface area contributed by atoms with E-state index in [0.717, 1.165) is 23.7 Å². The number of fused-ring (bicyclic) bond motifs is 2. The summed E-state index contributed by atoms with van der Waals surface area (Å²) < 4.78 is 7.81. The van der Waals surface area contributed by atoms with Gasteiger partial charge in [-0.25, -0.2) is 4.98 Å². The van der Waals surface area contributed by atoms with E-state index in [4.69, 9.17) is 4.74 Å². The van der Waals surface area contributed by atoms with Gasteiger partial charge in [0, 0.05) is 28.6 Å². The molecule has 0 saturated heterocycles. The van der Waals surface area contributed by atoms with Gasteiger partial charge in [-0.05, 0) is 49.2 Å². The fraction of sp³-hybridized carbons (Fsp3) is 0.115. The maximum absolute atomic E-state index is 12.7. The van der Waals surface area contributed by atoms with Gasteiger partial charge in [-0.3, -0.25) is 9.59 Å². The molecule has 0 atom stereocenters. The van der Waals surface area contributed by atoms with Crippen molar-refractivity contribution in [1.29, 1.82) is 0 Å². The quantitative estimate of drug-likeness (QED) is 0.330. The molecule has 2 amide bonds. The third-order valence-corrected chi connectivity index (χ3v) is 5.73. The summed E-state index contributed by atoms with van der Waals surface area (Å²) in [5, 5.41) is 6.74. The van der Waals surface area contributed by atoms with Gasteiger partial charge in [-0.1, -0.05) is 24.3 Å². The minimum atomic E-state index is -0.228. The number of amides is 2. The number of carbonyl (C=O) groups is 2. The van der Waals surface area contributed by atoms with Crippen LogP contribution in [-0.4, -0.2) is 26.2 Å². The number of rotatable bonds is 6. The normalized spacial score (nSPS) is 13.2. The molecule has 168 valence electrons. The maximum Gasteiger partial charge on any atom is 0.272 e. The zero-order chi connectivity index (χ0) is 23.1. The smallest absolute Gasteiger partial charge is 0.272 e. The number of nitrogens with zero attached hydrogens (tertiary/aromatic N) is 2. The van der Waals surface area contributed by atoms with Crippen LogP contribution >= 0.6 is 0 Å². The molecule has 8 heteroatoms. The molecule has 3 aromatic heterocycles. The lowest BCUT2D eigenvalue weighted by Gasteiger charge is -2.09. The first-order valence-electron chi connectivity index (χ1n) is 11.1. The Labute approximate surface area is 194 Å². The van der Waals surface area contributed by atoms with Crippen LogP contribution in [0, 0.1) is 5.92 Å². The molecule has 2 aromatic carbocycles. The zero-order valence-electron chi connectivity index (χ0n) is 18.1. The molecule has 34 heavy (non-hydrogen) atoms. The van der Waals surface area contributed by atoms with E-state index in [1.807, 2.05) is 54.6 Å². The Hall–Kier alpha value is -4.59. The number of aromatic nitrogens is 3.